The number of aromatic nitrogens is 1. The Hall–Kier alpha value is -1.45. The van der Waals surface area contributed by atoms with Gasteiger partial charge in [-0.25, -0.2) is 0 Å². The van der Waals surface area contributed by atoms with Crippen LogP contribution in [0, 0.1) is 0 Å². The van der Waals surface area contributed by atoms with E-state index < -0.39 is 0 Å². The van der Waals surface area contributed by atoms with E-state index in [-0.39, 0.29) is 33.4 Å². The molecular weight excluding hydrogens is 381 g/mol. The first-order chi connectivity index (χ1) is 12.2. The van der Waals surface area contributed by atoms with Gasteiger partial charge in [-0.05, 0) is 36.8 Å². The van der Waals surface area contributed by atoms with E-state index in [0.29, 0.717) is 16.3 Å². The molecule has 0 radical (unpaired) electrons. The van der Waals surface area contributed by atoms with Gasteiger partial charge < -0.3 is 9.67 Å². The molecule has 0 unspecified atom stereocenters. The summed E-state index contributed by atoms with van der Waals surface area (Å²) in [5, 5.41) is 11.5. The van der Waals surface area contributed by atoms with Crippen LogP contribution in [0.1, 0.15) is 88.5 Å². The molecule has 0 saturated carbocycles. The number of aromatic hydroxyl groups is 1. The molecule has 0 bridgehead atoms. The fourth-order valence-electron chi connectivity index (χ4n) is 3.08. The van der Waals surface area contributed by atoms with Crippen molar-refractivity contribution in [3.05, 3.63) is 50.8 Å². The van der Waals surface area contributed by atoms with E-state index in [1.807, 2.05) is 55.4 Å². The van der Waals surface area contributed by atoms with Crippen molar-refractivity contribution in [2.24, 2.45) is 0 Å². The lowest BCUT2D eigenvalue weighted by molar-refractivity contribution is 0.103. The van der Waals surface area contributed by atoms with Gasteiger partial charge in [0.15, 0.2) is 5.78 Å². The van der Waals surface area contributed by atoms with E-state index in [4.69, 9.17) is 23.2 Å². The topological polar surface area (TPSA) is 42.2 Å². The molecule has 0 amide bonds. The first-order valence-electron chi connectivity index (χ1n) is 9.14. The number of hydrogen-bond donors (Lipinski definition) is 1. The van der Waals surface area contributed by atoms with Crippen molar-refractivity contribution >= 4 is 29.0 Å². The summed E-state index contributed by atoms with van der Waals surface area (Å²) in [6, 6.07) is 3.62. The van der Waals surface area contributed by atoms with Crippen LogP contribution < -0.4 is 0 Å². The van der Waals surface area contributed by atoms with Crippen LogP contribution in [0.2, 0.25) is 10.2 Å². The number of rotatable bonds is 3. The molecule has 0 atom stereocenters. The van der Waals surface area contributed by atoms with E-state index >= 15 is 0 Å². The summed E-state index contributed by atoms with van der Waals surface area (Å²) in [5.74, 6) is 0.0488. The molecule has 148 valence electrons. The number of carbonyl (C=O) groups is 1. The van der Waals surface area contributed by atoms with Crippen molar-refractivity contribution in [2.75, 3.05) is 0 Å². The molecule has 2 aromatic rings. The summed E-state index contributed by atoms with van der Waals surface area (Å²) in [4.78, 5) is 13.3. The van der Waals surface area contributed by atoms with E-state index in [9.17, 15) is 9.90 Å². The summed E-state index contributed by atoms with van der Waals surface area (Å²) in [6.07, 6.45) is 1.71. The quantitative estimate of drug-likeness (QED) is 0.559. The second-order valence-corrected chi connectivity index (χ2v) is 10.1. The molecule has 0 saturated heterocycles. The number of phenols is 1. The van der Waals surface area contributed by atoms with Gasteiger partial charge in [-0.2, -0.15) is 0 Å². The van der Waals surface area contributed by atoms with Gasteiger partial charge in [0, 0.05) is 28.9 Å². The zero-order chi connectivity index (χ0) is 20.9. The third-order valence-electron chi connectivity index (χ3n) is 4.70. The van der Waals surface area contributed by atoms with Gasteiger partial charge >= 0.3 is 0 Å². The maximum absolute atomic E-state index is 13.3. The molecule has 0 fully saturated rings. The first-order valence-corrected chi connectivity index (χ1v) is 9.90. The number of ketones is 1. The van der Waals surface area contributed by atoms with Crippen LogP contribution in [0.3, 0.4) is 0 Å². The third kappa shape index (κ3) is 4.20. The Labute approximate surface area is 172 Å². The number of nitrogens with zero attached hydrogens (tertiary/aromatic N) is 1. The second kappa shape index (κ2) is 7.18. The number of carbonyl (C=O) groups excluding carboxylic acids is 1. The van der Waals surface area contributed by atoms with Crippen molar-refractivity contribution in [1.82, 2.24) is 4.57 Å². The highest BCUT2D eigenvalue weighted by atomic mass is 35.5. The highest BCUT2D eigenvalue weighted by Gasteiger charge is 2.29. The standard InChI is InChI=1S/C22H29Cl2NO2/c1-12(2)25-11-14(17(23)20(25)24)18(26)13-9-15(21(3,4)5)19(27)16(10-13)22(6,7)8/h9-12,27H,1-8H3. The average molecular weight is 410 g/mol. The second-order valence-electron chi connectivity index (χ2n) is 9.40. The number of phenolic OH excluding ortho intramolecular Hbond substituents is 1. The summed E-state index contributed by atoms with van der Waals surface area (Å²) in [7, 11) is 0. The van der Waals surface area contributed by atoms with Gasteiger partial charge in [-0.3, -0.25) is 4.79 Å². The van der Waals surface area contributed by atoms with Gasteiger partial charge in [0.2, 0.25) is 0 Å². The van der Waals surface area contributed by atoms with Crippen molar-refractivity contribution < 1.29 is 9.90 Å². The molecule has 1 N–H and O–H groups in total. The van der Waals surface area contributed by atoms with Crippen LogP contribution in [0.15, 0.2) is 18.3 Å². The third-order valence-corrected chi connectivity index (χ3v) is 5.57. The highest BCUT2D eigenvalue weighted by molar-refractivity contribution is 6.44. The Bertz CT molecular complexity index is 846. The van der Waals surface area contributed by atoms with E-state index in [2.05, 4.69) is 0 Å². The largest absolute Gasteiger partial charge is 0.507 e. The van der Waals surface area contributed by atoms with Crippen molar-refractivity contribution in [3.8, 4) is 5.75 Å². The SMILES string of the molecule is CC(C)n1cc(C(=O)c2cc(C(C)(C)C)c(O)c(C(C)(C)C)c2)c(Cl)c1Cl. The monoisotopic (exact) mass is 409 g/mol. The lowest BCUT2D eigenvalue weighted by atomic mass is 9.78. The van der Waals surface area contributed by atoms with Crippen LogP contribution in [0.25, 0.3) is 0 Å². The minimum absolute atomic E-state index is 0.0895. The van der Waals surface area contributed by atoms with Crippen molar-refractivity contribution in [2.45, 2.75) is 72.3 Å². The maximum atomic E-state index is 13.3. The molecule has 0 aliphatic heterocycles. The summed E-state index contributed by atoms with van der Waals surface area (Å²) in [5.41, 5.74) is 1.73. The number of halogens is 2. The number of benzene rings is 1. The van der Waals surface area contributed by atoms with Crippen LogP contribution in [-0.2, 0) is 10.8 Å². The Morgan fingerprint density at radius 1 is 1.00 bits per heavy atom. The molecule has 1 aromatic carbocycles. The molecule has 0 aliphatic rings. The normalized spacial score (nSPS) is 12.7. The Morgan fingerprint density at radius 2 is 1.44 bits per heavy atom. The molecule has 3 nitrogen and oxygen atoms in total. The zero-order valence-electron chi connectivity index (χ0n) is 17.4. The Balaban J connectivity index is 2.72. The molecule has 0 aliphatic carbocycles. The molecule has 2 rings (SSSR count). The minimum atomic E-state index is -0.314. The molecule has 1 heterocycles. The predicted octanol–water partition coefficient (Wildman–Crippen LogP) is 6.91. The maximum Gasteiger partial charge on any atom is 0.196 e. The van der Waals surface area contributed by atoms with E-state index in [0.717, 1.165) is 11.1 Å². The fourth-order valence-corrected chi connectivity index (χ4v) is 3.65. The van der Waals surface area contributed by atoms with Crippen molar-refractivity contribution in [3.63, 3.8) is 0 Å². The molecule has 27 heavy (non-hydrogen) atoms. The van der Waals surface area contributed by atoms with Crippen LogP contribution in [0.4, 0.5) is 0 Å². The zero-order valence-corrected chi connectivity index (χ0v) is 18.9. The average Bonchev–Trinajstić information content (AvgIpc) is 2.80. The fraction of sp³-hybridized carbons (Fsp3) is 0.500. The van der Waals surface area contributed by atoms with Gasteiger partial charge in [-0.15, -0.1) is 0 Å². The molecular formula is C22H29Cl2NO2. The van der Waals surface area contributed by atoms with Crippen molar-refractivity contribution in [1.29, 1.82) is 0 Å². The number of hydrogen-bond acceptors (Lipinski definition) is 2. The molecule has 5 heteroatoms. The van der Waals surface area contributed by atoms with Crippen LogP contribution in [0.5, 0.6) is 5.75 Å². The minimum Gasteiger partial charge on any atom is -0.507 e. The lowest BCUT2D eigenvalue weighted by Gasteiger charge is -2.28. The highest BCUT2D eigenvalue weighted by Crippen LogP contribution is 2.41. The van der Waals surface area contributed by atoms with Gasteiger partial charge in [0.05, 0.1) is 10.6 Å². The smallest absolute Gasteiger partial charge is 0.196 e. The summed E-state index contributed by atoms with van der Waals surface area (Å²) in [6.45, 7) is 16.1. The van der Waals surface area contributed by atoms with Crippen LogP contribution in [-0.4, -0.2) is 15.5 Å². The van der Waals surface area contributed by atoms with E-state index in [1.54, 1.807) is 22.9 Å². The van der Waals surface area contributed by atoms with E-state index in [1.165, 1.54) is 0 Å². The first kappa shape index (κ1) is 21.8. The predicted molar refractivity (Wildman–Crippen MR) is 114 cm³/mol. The van der Waals surface area contributed by atoms with Gasteiger partial charge in [0.1, 0.15) is 10.9 Å². The molecule has 1 aromatic heterocycles. The van der Waals surface area contributed by atoms with Gasteiger partial charge in [0.25, 0.3) is 0 Å². The van der Waals surface area contributed by atoms with Crippen LogP contribution >= 0.6 is 23.2 Å². The lowest BCUT2D eigenvalue weighted by Crippen LogP contribution is -2.19. The van der Waals surface area contributed by atoms with Gasteiger partial charge in [-0.1, -0.05) is 64.7 Å². The Kier molecular flexibility index (Phi) is 5.81. The molecule has 0 spiro atoms. The Morgan fingerprint density at radius 3 is 1.78 bits per heavy atom. The summed E-state index contributed by atoms with van der Waals surface area (Å²) < 4.78 is 1.78. The summed E-state index contributed by atoms with van der Waals surface area (Å²) >= 11 is 12.7.